The molecule has 0 bridgehead atoms. The van der Waals surface area contributed by atoms with Gasteiger partial charge in [0.2, 0.25) is 0 Å². The Hall–Kier alpha value is -4.32. The number of nitrogens with zero attached hydrogens (tertiary/aromatic N) is 1. The van der Waals surface area contributed by atoms with Crippen LogP contribution in [-0.2, 0) is 14.3 Å². The molecule has 1 unspecified atom stereocenters. The van der Waals surface area contributed by atoms with Crippen molar-refractivity contribution < 1.29 is 28.6 Å². The highest BCUT2D eigenvalue weighted by molar-refractivity contribution is 6.00. The molecule has 0 aliphatic carbocycles. The monoisotopic (exact) mass is 465 g/mol. The van der Waals surface area contributed by atoms with Gasteiger partial charge in [0.25, 0.3) is 5.91 Å². The normalized spacial score (nSPS) is 11.6. The fourth-order valence-electron chi connectivity index (χ4n) is 3.14. The zero-order valence-electron chi connectivity index (χ0n) is 19.7. The number of amides is 1. The van der Waals surface area contributed by atoms with Crippen LogP contribution in [0, 0.1) is 18.3 Å². The minimum Gasteiger partial charge on any atom is -0.494 e. The van der Waals surface area contributed by atoms with Gasteiger partial charge in [-0.2, -0.15) is 5.26 Å². The number of benzene rings is 2. The summed E-state index contributed by atoms with van der Waals surface area (Å²) in [4.78, 5) is 36.7. The molecule has 2 N–H and O–H groups in total. The molecule has 1 amide bonds. The Kier molecular flexibility index (Phi) is 9.20. The molecule has 0 aromatic heterocycles. The number of aryl methyl sites for hydroxylation is 1. The van der Waals surface area contributed by atoms with Crippen molar-refractivity contribution in [3.8, 4) is 11.8 Å². The Balaban J connectivity index is 2.30. The minimum atomic E-state index is -0.660. The molecule has 2 aromatic carbocycles. The van der Waals surface area contributed by atoms with Crippen LogP contribution in [0.4, 0.5) is 5.69 Å². The van der Waals surface area contributed by atoms with E-state index in [0.29, 0.717) is 12.4 Å². The predicted molar refractivity (Wildman–Crippen MR) is 125 cm³/mol. The summed E-state index contributed by atoms with van der Waals surface area (Å²) in [6.07, 6.45) is 1.16. The number of methoxy groups -OCH3 is 2. The second kappa shape index (κ2) is 12.1. The lowest BCUT2D eigenvalue weighted by molar-refractivity contribution is -0.117. The number of hydrogen-bond acceptors (Lipinski definition) is 8. The lowest BCUT2D eigenvalue weighted by atomic mass is 10.0. The lowest BCUT2D eigenvalue weighted by Gasteiger charge is -2.18. The van der Waals surface area contributed by atoms with Crippen LogP contribution in [0.25, 0.3) is 0 Å². The molecule has 9 nitrogen and oxygen atoms in total. The van der Waals surface area contributed by atoms with Crippen LogP contribution in [0.1, 0.15) is 51.7 Å². The van der Waals surface area contributed by atoms with Gasteiger partial charge in [-0.05, 0) is 45.0 Å². The van der Waals surface area contributed by atoms with Crippen LogP contribution in [0.15, 0.2) is 48.2 Å². The van der Waals surface area contributed by atoms with E-state index in [1.54, 1.807) is 6.92 Å². The third-order valence-corrected chi connectivity index (χ3v) is 4.86. The van der Waals surface area contributed by atoms with Gasteiger partial charge in [0, 0.05) is 11.8 Å². The summed E-state index contributed by atoms with van der Waals surface area (Å²) in [6, 6.07) is 11.2. The van der Waals surface area contributed by atoms with Crippen LogP contribution in [-0.4, -0.2) is 38.7 Å². The number of hydrogen-bond donors (Lipinski definition) is 2. The molecule has 34 heavy (non-hydrogen) atoms. The van der Waals surface area contributed by atoms with Crippen molar-refractivity contribution in [1.82, 2.24) is 5.32 Å². The Bertz CT molecular complexity index is 1150. The maximum atomic E-state index is 12.8. The van der Waals surface area contributed by atoms with Gasteiger partial charge in [-0.1, -0.05) is 17.7 Å². The van der Waals surface area contributed by atoms with E-state index in [1.165, 1.54) is 32.4 Å². The molecule has 0 fully saturated rings. The Morgan fingerprint density at radius 3 is 2.41 bits per heavy atom. The van der Waals surface area contributed by atoms with E-state index < -0.39 is 23.9 Å². The molecule has 0 saturated heterocycles. The minimum absolute atomic E-state index is 0.110. The number of ether oxygens (including phenoxy) is 3. The second-order valence-corrected chi connectivity index (χ2v) is 7.23. The Morgan fingerprint density at radius 1 is 1.09 bits per heavy atom. The molecular weight excluding hydrogens is 438 g/mol. The SMILES string of the molecule is CCOc1ccc(C)cc1C(C)NC(=O)/C(C#N)=C\Nc1cc(C(=O)OC)ccc1C(=O)OC. The molecule has 2 aromatic rings. The second-order valence-electron chi connectivity index (χ2n) is 7.23. The fourth-order valence-corrected chi connectivity index (χ4v) is 3.14. The molecule has 2 rings (SSSR count). The molecule has 0 aliphatic rings. The summed E-state index contributed by atoms with van der Waals surface area (Å²) < 4.78 is 15.1. The fraction of sp³-hybridized carbons (Fsp3) is 0.280. The molecule has 0 aliphatic heterocycles. The number of nitrogens with one attached hydrogen (secondary N) is 2. The Labute approximate surface area is 198 Å². The van der Waals surface area contributed by atoms with E-state index >= 15 is 0 Å². The Morgan fingerprint density at radius 2 is 1.79 bits per heavy atom. The molecule has 0 spiro atoms. The van der Waals surface area contributed by atoms with E-state index in [2.05, 4.69) is 10.6 Å². The van der Waals surface area contributed by atoms with Crippen molar-refractivity contribution in [2.45, 2.75) is 26.8 Å². The first-order valence-corrected chi connectivity index (χ1v) is 10.5. The quantitative estimate of drug-likeness (QED) is 0.326. The topological polar surface area (TPSA) is 127 Å². The van der Waals surface area contributed by atoms with Gasteiger partial charge >= 0.3 is 11.9 Å². The molecule has 0 heterocycles. The molecular formula is C25H27N3O6. The van der Waals surface area contributed by atoms with Crippen molar-refractivity contribution >= 4 is 23.5 Å². The van der Waals surface area contributed by atoms with Crippen molar-refractivity contribution in [3.05, 3.63) is 70.4 Å². The highest BCUT2D eigenvalue weighted by Gasteiger charge is 2.19. The van der Waals surface area contributed by atoms with Gasteiger partial charge in [0.05, 0.1) is 43.7 Å². The number of nitriles is 1. The standard InChI is InChI=1S/C25H27N3O6/c1-6-34-22-10-7-15(2)11-20(22)16(3)28-23(29)18(13-26)14-27-21-12-17(24(30)32-4)8-9-19(21)25(31)33-5/h7-12,14,16,27H,6H2,1-5H3,(H,28,29)/b18-14-. The van der Waals surface area contributed by atoms with E-state index in [9.17, 15) is 19.6 Å². The van der Waals surface area contributed by atoms with Crippen LogP contribution >= 0.6 is 0 Å². The summed E-state index contributed by atoms with van der Waals surface area (Å²) in [6.45, 7) is 6.05. The first-order valence-electron chi connectivity index (χ1n) is 10.5. The zero-order chi connectivity index (χ0) is 25.3. The molecule has 178 valence electrons. The van der Waals surface area contributed by atoms with E-state index in [0.717, 1.165) is 17.3 Å². The smallest absolute Gasteiger partial charge is 0.339 e. The van der Waals surface area contributed by atoms with E-state index in [1.807, 2.05) is 38.1 Å². The number of rotatable bonds is 9. The third-order valence-electron chi connectivity index (χ3n) is 4.86. The van der Waals surface area contributed by atoms with Gasteiger partial charge in [0.1, 0.15) is 17.4 Å². The maximum absolute atomic E-state index is 12.8. The zero-order valence-corrected chi connectivity index (χ0v) is 19.7. The van der Waals surface area contributed by atoms with Gasteiger partial charge in [-0.3, -0.25) is 4.79 Å². The third kappa shape index (κ3) is 6.36. The summed E-state index contributed by atoms with van der Waals surface area (Å²) in [5.74, 6) is -1.26. The van der Waals surface area contributed by atoms with Crippen LogP contribution in [0.2, 0.25) is 0 Å². The van der Waals surface area contributed by atoms with Gasteiger partial charge < -0.3 is 24.8 Å². The summed E-state index contributed by atoms with van der Waals surface area (Å²) in [5.41, 5.74) is 1.99. The molecule has 1 atom stereocenters. The highest BCUT2D eigenvalue weighted by Crippen LogP contribution is 2.27. The average molecular weight is 466 g/mol. The van der Waals surface area contributed by atoms with Crippen LogP contribution in [0.5, 0.6) is 5.75 Å². The molecule has 0 radical (unpaired) electrons. The number of esters is 2. The van der Waals surface area contributed by atoms with E-state index in [4.69, 9.17) is 14.2 Å². The largest absolute Gasteiger partial charge is 0.494 e. The number of carbonyl (C=O) groups excluding carboxylic acids is 3. The van der Waals surface area contributed by atoms with Crippen molar-refractivity contribution in [2.24, 2.45) is 0 Å². The predicted octanol–water partition coefficient (Wildman–Crippen LogP) is 3.66. The lowest BCUT2D eigenvalue weighted by Crippen LogP contribution is -2.28. The first-order chi connectivity index (χ1) is 16.2. The van der Waals surface area contributed by atoms with Crippen molar-refractivity contribution in [1.29, 1.82) is 5.26 Å². The molecule has 0 saturated carbocycles. The average Bonchev–Trinajstić information content (AvgIpc) is 2.84. The summed E-state index contributed by atoms with van der Waals surface area (Å²) in [7, 11) is 2.45. The first kappa shape index (κ1) is 25.9. The van der Waals surface area contributed by atoms with Crippen molar-refractivity contribution in [2.75, 3.05) is 26.1 Å². The summed E-state index contributed by atoms with van der Waals surface area (Å²) >= 11 is 0. The number of anilines is 1. The van der Waals surface area contributed by atoms with Gasteiger partial charge in [0.15, 0.2) is 0 Å². The highest BCUT2D eigenvalue weighted by atomic mass is 16.5. The van der Waals surface area contributed by atoms with Gasteiger partial charge in [-0.15, -0.1) is 0 Å². The van der Waals surface area contributed by atoms with Crippen LogP contribution in [0.3, 0.4) is 0 Å². The maximum Gasteiger partial charge on any atom is 0.339 e. The molecule has 9 heteroatoms. The van der Waals surface area contributed by atoms with Crippen molar-refractivity contribution in [3.63, 3.8) is 0 Å². The summed E-state index contributed by atoms with van der Waals surface area (Å²) in [5, 5.41) is 15.1. The van der Waals surface area contributed by atoms with E-state index in [-0.39, 0.29) is 22.4 Å². The number of carbonyl (C=O) groups is 3. The van der Waals surface area contributed by atoms with Crippen LogP contribution < -0.4 is 15.4 Å². The van der Waals surface area contributed by atoms with Gasteiger partial charge in [-0.25, -0.2) is 9.59 Å².